The highest BCUT2D eigenvalue weighted by molar-refractivity contribution is 8.15. The lowest BCUT2D eigenvalue weighted by Gasteiger charge is -2.19. The molecule has 0 aliphatic carbocycles. The number of nitrogens with zero attached hydrogens (tertiary/aromatic N) is 4. The van der Waals surface area contributed by atoms with E-state index in [2.05, 4.69) is 20.0 Å². The first-order chi connectivity index (χ1) is 11.8. The molecule has 0 aromatic heterocycles. The summed E-state index contributed by atoms with van der Waals surface area (Å²) in [5.41, 5.74) is 0. The third-order valence-electron chi connectivity index (χ3n) is 2.16. The fourth-order valence-electron chi connectivity index (χ4n) is 0.937. The summed E-state index contributed by atoms with van der Waals surface area (Å²) in [7, 11) is 2.74. The van der Waals surface area contributed by atoms with Gasteiger partial charge < -0.3 is 4.74 Å². The smallest absolute Gasteiger partial charge is 0.447 e. The second-order valence-electron chi connectivity index (χ2n) is 3.93. The molecule has 13 heteroatoms. The highest BCUT2D eigenvalue weighted by Crippen LogP contribution is 2.15. The predicted octanol–water partition coefficient (Wildman–Crippen LogP) is 2.62. The molecule has 0 fully saturated rings. The maximum absolute atomic E-state index is 11.8. The number of ether oxygens (including phenoxy) is 1. The van der Waals surface area contributed by atoms with E-state index >= 15 is 0 Å². The molecular weight excluding hydrogens is 392 g/mol. The third kappa shape index (κ3) is 9.45. The van der Waals surface area contributed by atoms with E-state index in [0.717, 1.165) is 20.4 Å². The van der Waals surface area contributed by atoms with Crippen LogP contribution in [0.3, 0.4) is 0 Å². The van der Waals surface area contributed by atoms with Crippen molar-refractivity contribution in [1.29, 1.82) is 0 Å². The predicted molar refractivity (Wildman–Crippen MR) is 100 cm³/mol. The number of hydrogen-bond acceptors (Lipinski definition) is 11. The Morgan fingerprint density at radius 2 is 1.48 bits per heavy atom. The fourth-order valence-corrected chi connectivity index (χ4v) is 1.95. The Morgan fingerprint density at radius 1 is 0.960 bits per heavy atom. The van der Waals surface area contributed by atoms with E-state index < -0.39 is 18.2 Å². The second-order valence-corrected chi connectivity index (χ2v) is 6.98. The minimum absolute atomic E-state index is 0.108. The van der Waals surface area contributed by atoms with Gasteiger partial charge in [0.1, 0.15) is 5.04 Å². The van der Waals surface area contributed by atoms with Gasteiger partial charge in [0.15, 0.2) is 0 Å². The number of oxime groups is 2. The zero-order valence-corrected chi connectivity index (χ0v) is 17.1. The van der Waals surface area contributed by atoms with E-state index in [4.69, 9.17) is 4.74 Å². The molecule has 0 aromatic carbocycles. The molecule has 0 aliphatic rings. The topological polar surface area (TPSA) is 110 Å². The molecule has 0 radical (unpaired) electrons. The number of thioether (sulfide) groups is 2. The summed E-state index contributed by atoms with van der Waals surface area (Å²) in [5, 5.41) is 7.49. The summed E-state index contributed by atoms with van der Waals surface area (Å²) in [6.45, 7) is 3.50. The second kappa shape index (κ2) is 12.7. The summed E-state index contributed by atoms with van der Waals surface area (Å²) in [5.74, 6) is -0.694. The van der Waals surface area contributed by atoms with Gasteiger partial charge >= 0.3 is 18.2 Å². The number of esters is 1. The molecule has 0 saturated heterocycles. The maximum atomic E-state index is 11.8. The minimum atomic E-state index is -0.899. The molecule has 0 unspecified atom stereocenters. The van der Waals surface area contributed by atoms with Crippen LogP contribution in [-0.2, 0) is 19.2 Å². The zero-order chi connectivity index (χ0) is 19.4. The monoisotopic (exact) mass is 412 g/mol. The van der Waals surface area contributed by atoms with Crippen molar-refractivity contribution in [2.24, 2.45) is 10.3 Å². The molecule has 0 rings (SSSR count). The van der Waals surface area contributed by atoms with Crippen molar-refractivity contribution in [3.63, 3.8) is 0 Å². The molecule has 0 spiro atoms. The van der Waals surface area contributed by atoms with E-state index in [1.807, 2.05) is 0 Å². The first-order valence-corrected chi connectivity index (χ1v) is 9.89. The molecule has 10 nitrogen and oxygen atoms in total. The van der Waals surface area contributed by atoms with Crippen molar-refractivity contribution in [3.8, 4) is 0 Å². The van der Waals surface area contributed by atoms with Gasteiger partial charge in [0, 0.05) is 14.1 Å². The Balaban J connectivity index is 4.59. The zero-order valence-electron chi connectivity index (χ0n) is 14.7. The van der Waals surface area contributed by atoms with Gasteiger partial charge in [-0.3, -0.25) is 9.68 Å². The first-order valence-electron chi connectivity index (χ1n) is 6.71. The largest absolute Gasteiger partial charge is 0.461 e. The average molecular weight is 413 g/mol. The van der Waals surface area contributed by atoms with Gasteiger partial charge in [0.25, 0.3) is 0 Å². The van der Waals surface area contributed by atoms with Crippen LogP contribution in [0.25, 0.3) is 0 Å². The Bertz CT molecular complexity index is 543. The first kappa shape index (κ1) is 23.4. The Hall–Kier alpha value is -1.60. The van der Waals surface area contributed by atoms with Gasteiger partial charge in [-0.25, -0.2) is 23.0 Å². The van der Waals surface area contributed by atoms with Crippen LogP contribution in [0, 0.1) is 0 Å². The quantitative estimate of drug-likeness (QED) is 0.168. The highest BCUT2D eigenvalue weighted by atomic mass is 32.2. The van der Waals surface area contributed by atoms with Crippen LogP contribution >= 0.6 is 35.7 Å². The van der Waals surface area contributed by atoms with Crippen LogP contribution in [0.2, 0.25) is 0 Å². The van der Waals surface area contributed by atoms with Gasteiger partial charge in [0.2, 0.25) is 5.04 Å². The highest BCUT2D eigenvalue weighted by Gasteiger charge is 2.20. The average Bonchev–Trinajstić information content (AvgIpc) is 2.59. The standard InChI is InChI=1S/C12H20N4O6S3/c1-7-20-10(17)9(24-6)14-22-12(19)16(4)25-15(3)11(18)21-13-8(2)23-5/h7H2,1-6H3/b13-8-,14-9-. The SMILES string of the molecule is CCOC(=O)/C(=N/OC(=O)N(C)SN(C)C(=O)O/N=C(/C)SC)SC. The van der Waals surface area contributed by atoms with Gasteiger partial charge in [-0.05, 0) is 26.4 Å². The molecule has 0 aromatic rings. The van der Waals surface area contributed by atoms with Crippen LogP contribution in [-0.4, -0.2) is 70.1 Å². The molecule has 0 N–H and O–H groups in total. The maximum Gasteiger partial charge on any atom is 0.447 e. The summed E-state index contributed by atoms with van der Waals surface area (Å²) in [6.07, 6.45) is 1.69. The number of carbonyl (C=O) groups excluding carboxylic acids is 3. The molecule has 2 amide bonds. The molecule has 0 saturated carbocycles. The molecule has 0 heterocycles. The van der Waals surface area contributed by atoms with Crippen molar-refractivity contribution in [3.05, 3.63) is 0 Å². The van der Waals surface area contributed by atoms with E-state index in [1.54, 1.807) is 26.4 Å². The van der Waals surface area contributed by atoms with Crippen LogP contribution in [0.5, 0.6) is 0 Å². The summed E-state index contributed by atoms with van der Waals surface area (Å²) >= 11 is 3.00. The number of carbonyl (C=O) groups is 3. The molecule has 142 valence electrons. The lowest BCUT2D eigenvalue weighted by molar-refractivity contribution is -0.134. The molecular formula is C12H20N4O6S3. The number of amides is 2. The molecule has 0 atom stereocenters. The van der Waals surface area contributed by atoms with Crippen LogP contribution in [0.4, 0.5) is 9.59 Å². The molecule has 25 heavy (non-hydrogen) atoms. The van der Waals surface area contributed by atoms with Gasteiger partial charge in [-0.1, -0.05) is 22.1 Å². The van der Waals surface area contributed by atoms with Crippen molar-refractivity contribution >= 4 is 63.9 Å². The van der Waals surface area contributed by atoms with E-state index in [9.17, 15) is 14.4 Å². The summed E-state index contributed by atoms with van der Waals surface area (Å²) in [4.78, 5) is 44.3. The Kier molecular flexibility index (Phi) is 11.9. The molecule has 0 bridgehead atoms. The van der Waals surface area contributed by atoms with Crippen molar-refractivity contribution in [2.45, 2.75) is 13.8 Å². The normalized spacial score (nSPS) is 11.6. The van der Waals surface area contributed by atoms with Gasteiger partial charge in [-0.2, -0.15) is 0 Å². The van der Waals surface area contributed by atoms with Crippen molar-refractivity contribution in [2.75, 3.05) is 33.2 Å². The van der Waals surface area contributed by atoms with Crippen molar-refractivity contribution in [1.82, 2.24) is 8.61 Å². The number of hydrogen-bond donors (Lipinski definition) is 0. The lowest BCUT2D eigenvalue weighted by Crippen LogP contribution is -2.29. The van der Waals surface area contributed by atoms with Crippen LogP contribution < -0.4 is 0 Å². The van der Waals surface area contributed by atoms with Crippen molar-refractivity contribution < 1.29 is 28.8 Å². The lowest BCUT2D eigenvalue weighted by atomic mass is 10.7. The van der Waals surface area contributed by atoms with Gasteiger partial charge in [0.05, 0.1) is 18.7 Å². The minimum Gasteiger partial charge on any atom is -0.461 e. The fraction of sp³-hybridized carbons (Fsp3) is 0.583. The van der Waals surface area contributed by atoms with Gasteiger partial charge in [-0.15, -0.1) is 11.8 Å². The summed E-state index contributed by atoms with van der Waals surface area (Å²) < 4.78 is 6.77. The Labute approximate surface area is 158 Å². The molecule has 0 aliphatic heterocycles. The Morgan fingerprint density at radius 3 is 1.92 bits per heavy atom. The van der Waals surface area contributed by atoms with E-state index in [-0.39, 0.29) is 11.7 Å². The number of rotatable bonds is 5. The third-order valence-corrected chi connectivity index (χ3v) is 4.24. The van der Waals surface area contributed by atoms with Crippen LogP contribution in [0.1, 0.15) is 13.8 Å². The summed E-state index contributed by atoms with van der Waals surface area (Å²) in [6, 6.07) is 0. The van der Waals surface area contributed by atoms with E-state index in [1.165, 1.54) is 25.9 Å². The van der Waals surface area contributed by atoms with E-state index in [0.29, 0.717) is 17.2 Å². The van der Waals surface area contributed by atoms with Crippen LogP contribution in [0.15, 0.2) is 10.3 Å².